The molecule has 3 aromatic rings. The zero-order valence-corrected chi connectivity index (χ0v) is 13.7. The van der Waals surface area contributed by atoms with Crippen LogP contribution in [0.5, 0.6) is 0 Å². The van der Waals surface area contributed by atoms with Crippen LogP contribution < -0.4 is 5.32 Å². The predicted molar refractivity (Wildman–Crippen MR) is 89.9 cm³/mol. The third kappa shape index (κ3) is 2.90. The minimum Gasteiger partial charge on any atom is -0.320 e. The van der Waals surface area contributed by atoms with Gasteiger partial charge in [-0.05, 0) is 56.2 Å². The van der Waals surface area contributed by atoms with Crippen LogP contribution in [0.25, 0.3) is 5.69 Å². The number of amides is 1. The molecule has 0 unspecified atom stereocenters. The Morgan fingerprint density at radius 3 is 2.62 bits per heavy atom. The van der Waals surface area contributed by atoms with Crippen LogP contribution in [0.15, 0.2) is 42.5 Å². The van der Waals surface area contributed by atoms with E-state index in [1.165, 1.54) is 16.8 Å². The van der Waals surface area contributed by atoms with Crippen molar-refractivity contribution in [3.8, 4) is 5.69 Å². The van der Waals surface area contributed by atoms with Crippen LogP contribution in [-0.2, 0) is 0 Å². The van der Waals surface area contributed by atoms with Gasteiger partial charge < -0.3 is 5.32 Å². The molecule has 0 bridgehead atoms. The average molecular weight is 324 g/mol. The van der Waals surface area contributed by atoms with Gasteiger partial charge in [0.05, 0.1) is 11.4 Å². The van der Waals surface area contributed by atoms with E-state index in [1.54, 1.807) is 19.1 Å². The number of hydrogen-bond donors (Lipinski definition) is 1. The smallest absolute Gasteiger partial charge is 0.278 e. The highest BCUT2D eigenvalue weighted by atomic mass is 19.1. The number of hydrogen-bond acceptors (Lipinski definition) is 3. The Bertz CT molecular complexity index is 917. The second kappa shape index (κ2) is 6.23. The van der Waals surface area contributed by atoms with Crippen LogP contribution in [0.1, 0.15) is 27.3 Å². The normalized spacial score (nSPS) is 10.7. The number of carbonyl (C=O) groups excluding carboxylic acids is 1. The van der Waals surface area contributed by atoms with E-state index < -0.39 is 0 Å². The fourth-order valence-corrected chi connectivity index (χ4v) is 2.46. The summed E-state index contributed by atoms with van der Waals surface area (Å²) in [7, 11) is 0. The maximum absolute atomic E-state index is 13.4. The van der Waals surface area contributed by atoms with E-state index >= 15 is 0 Å². The molecule has 1 amide bonds. The first kappa shape index (κ1) is 15.9. The largest absolute Gasteiger partial charge is 0.320 e. The number of aromatic nitrogens is 3. The fraction of sp³-hybridized carbons (Fsp3) is 0.167. The Hall–Kier alpha value is -3.02. The summed E-state index contributed by atoms with van der Waals surface area (Å²) >= 11 is 0. The minimum absolute atomic E-state index is 0.208. The highest BCUT2D eigenvalue weighted by Crippen LogP contribution is 2.20. The number of nitrogens with one attached hydrogen (secondary N) is 1. The number of rotatable bonds is 3. The SMILES string of the molecule is Cc1cccc(NC(=O)c2nnn(-c3cccc(F)c3)c2C)c1C. The van der Waals surface area contributed by atoms with Gasteiger partial charge in [-0.1, -0.05) is 23.4 Å². The summed E-state index contributed by atoms with van der Waals surface area (Å²) in [5.74, 6) is -0.715. The molecule has 1 N–H and O–H groups in total. The van der Waals surface area contributed by atoms with E-state index in [0.29, 0.717) is 11.4 Å². The van der Waals surface area contributed by atoms with E-state index in [2.05, 4.69) is 15.6 Å². The molecule has 6 heteroatoms. The Morgan fingerprint density at radius 1 is 1.12 bits per heavy atom. The molecule has 122 valence electrons. The first-order chi connectivity index (χ1) is 11.5. The first-order valence-electron chi connectivity index (χ1n) is 7.53. The number of carbonyl (C=O) groups is 1. The molecule has 0 atom stereocenters. The second-order valence-corrected chi connectivity index (χ2v) is 5.62. The molecule has 24 heavy (non-hydrogen) atoms. The van der Waals surface area contributed by atoms with E-state index in [0.717, 1.165) is 16.8 Å². The molecule has 1 aromatic heterocycles. The molecule has 3 rings (SSSR count). The standard InChI is InChI=1S/C18H17FN4O/c1-11-6-4-9-16(12(11)2)20-18(24)17-13(3)23(22-21-17)15-8-5-7-14(19)10-15/h4-10H,1-3H3,(H,20,24). The summed E-state index contributed by atoms with van der Waals surface area (Å²) in [4.78, 5) is 12.5. The predicted octanol–water partition coefficient (Wildman–Crippen LogP) is 3.58. The molecule has 0 aliphatic carbocycles. The molecular formula is C18H17FN4O. The quantitative estimate of drug-likeness (QED) is 0.801. The van der Waals surface area contributed by atoms with Crippen molar-refractivity contribution >= 4 is 11.6 Å². The van der Waals surface area contributed by atoms with Crippen molar-refractivity contribution in [3.05, 3.63) is 70.8 Å². The molecule has 0 saturated heterocycles. The molecule has 0 radical (unpaired) electrons. The van der Waals surface area contributed by atoms with Gasteiger partial charge in [0.25, 0.3) is 5.91 Å². The number of halogens is 1. The Balaban J connectivity index is 1.90. The van der Waals surface area contributed by atoms with Gasteiger partial charge in [0.15, 0.2) is 5.69 Å². The average Bonchev–Trinajstić information content (AvgIpc) is 2.93. The lowest BCUT2D eigenvalue weighted by molar-refractivity contribution is 0.102. The van der Waals surface area contributed by atoms with Crippen molar-refractivity contribution in [1.29, 1.82) is 0 Å². The number of aryl methyl sites for hydroxylation is 1. The van der Waals surface area contributed by atoms with E-state index in [9.17, 15) is 9.18 Å². The highest BCUT2D eigenvalue weighted by molar-refractivity contribution is 6.04. The van der Waals surface area contributed by atoms with Crippen LogP contribution in [-0.4, -0.2) is 20.9 Å². The van der Waals surface area contributed by atoms with Crippen molar-refractivity contribution in [2.45, 2.75) is 20.8 Å². The molecule has 0 aliphatic heterocycles. The van der Waals surface area contributed by atoms with Gasteiger partial charge in [0, 0.05) is 5.69 Å². The number of anilines is 1. The van der Waals surface area contributed by atoms with Crippen molar-refractivity contribution < 1.29 is 9.18 Å². The summed E-state index contributed by atoms with van der Waals surface area (Å²) in [6, 6.07) is 11.7. The number of benzene rings is 2. The molecule has 2 aromatic carbocycles. The Kier molecular flexibility index (Phi) is 4.12. The van der Waals surface area contributed by atoms with Gasteiger partial charge in [0.2, 0.25) is 0 Å². The van der Waals surface area contributed by atoms with Crippen molar-refractivity contribution in [2.75, 3.05) is 5.32 Å². The zero-order valence-electron chi connectivity index (χ0n) is 13.7. The Labute approximate surface area is 139 Å². The second-order valence-electron chi connectivity index (χ2n) is 5.62. The van der Waals surface area contributed by atoms with E-state index in [-0.39, 0.29) is 17.4 Å². The van der Waals surface area contributed by atoms with Crippen LogP contribution in [0, 0.1) is 26.6 Å². The third-order valence-corrected chi connectivity index (χ3v) is 4.02. The van der Waals surface area contributed by atoms with E-state index in [1.807, 2.05) is 32.0 Å². The molecular weight excluding hydrogens is 307 g/mol. The summed E-state index contributed by atoms with van der Waals surface area (Å²) in [6.07, 6.45) is 0. The van der Waals surface area contributed by atoms with Gasteiger partial charge in [-0.2, -0.15) is 0 Å². The third-order valence-electron chi connectivity index (χ3n) is 4.02. The summed E-state index contributed by atoms with van der Waals surface area (Å²) in [6.45, 7) is 5.65. The molecule has 0 aliphatic rings. The first-order valence-corrected chi connectivity index (χ1v) is 7.53. The lowest BCUT2D eigenvalue weighted by atomic mass is 10.1. The van der Waals surface area contributed by atoms with Gasteiger partial charge in [-0.15, -0.1) is 5.10 Å². The summed E-state index contributed by atoms with van der Waals surface area (Å²) < 4.78 is 14.8. The molecule has 1 heterocycles. The minimum atomic E-state index is -0.371. The van der Waals surface area contributed by atoms with Crippen LogP contribution in [0.4, 0.5) is 10.1 Å². The van der Waals surface area contributed by atoms with Crippen LogP contribution in [0.3, 0.4) is 0 Å². The highest BCUT2D eigenvalue weighted by Gasteiger charge is 2.18. The van der Waals surface area contributed by atoms with Gasteiger partial charge in [-0.3, -0.25) is 4.79 Å². The topological polar surface area (TPSA) is 59.8 Å². The summed E-state index contributed by atoms with van der Waals surface area (Å²) in [5.41, 5.74) is 4.10. The molecule has 0 fully saturated rings. The number of nitrogens with zero attached hydrogens (tertiary/aromatic N) is 3. The summed E-state index contributed by atoms with van der Waals surface area (Å²) in [5, 5.41) is 10.8. The maximum Gasteiger partial charge on any atom is 0.278 e. The fourth-order valence-electron chi connectivity index (χ4n) is 2.46. The zero-order chi connectivity index (χ0) is 17.3. The molecule has 5 nitrogen and oxygen atoms in total. The van der Waals surface area contributed by atoms with Crippen LogP contribution >= 0.6 is 0 Å². The van der Waals surface area contributed by atoms with Crippen molar-refractivity contribution in [1.82, 2.24) is 15.0 Å². The van der Waals surface area contributed by atoms with E-state index in [4.69, 9.17) is 0 Å². The Morgan fingerprint density at radius 2 is 1.88 bits per heavy atom. The monoisotopic (exact) mass is 324 g/mol. The van der Waals surface area contributed by atoms with Crippen LogP contribution in [0.2, 0.25) is 0 Å². The van der Waals surface area contributed by atoms with Gasteiger partial charge in [-0.25, -0.2) is 9.07 Å². The van der Waals surface area contributed by atoms with Gasteiger partial charge in [0.1, 0.15) is 5.82 Å². The van der Waals surface area contributed by atoms with Gasteiger partial charge >= 0.3 is 0 Å². The molecule has 0 spiro atoms. The van der Waals surface area contributed by atoms with Crippen molar-refractivity contribution in [3.63, 3.8) is 0 Å². The maximum atomic E-state index is 13.4. The molecule has 0 saturated carbocycles. The van der Waals surface area contributed by atoms with Crippen molar-refractivity contribution in [2.24, 2.45) is 0 Å². The lowest BCUT2D eigenvalue weighted by Crippen LogP contribution is -2.15. The lowest BCUT2D eigenvalue weighted by Gasteiger charge is -2.09.